The van der Waals surface area contributed by atoms with Gasteiger partial charge in [-0.2, -0.15) is 10.4 Å². The number of nitrogens with one attached hydrogen (secondary N) is 1. The van der Waals surface area contributed by atoms with Crippen molar-refractivity contribution >= 4 is 37.6 Å². The number of carbonyl (C=O) groups excluding carboxylic acids is 1. The number of imidazole rings is 1. The molecule has 0 bridgehead atoms. The van der Waals surface area contributed by atoms with Gasteiger partial charge in [0.2, 0.25) is 14.2 Å². The molecule has 182 valence electrons. The van der Waals surface area contributed by atoms with Gasteiger partial charge in [0.15, 0.2) is 0 Å². The molecule has 1 amide bonds. The molecule has 3 aromatic rings. The summed E-state index contributed by atoms with van der Waals surface area (Å²) < 4.78 is 14.8. The molecule has 2 heterocycles. The van der Waals surface area contributed by atoms with Gasteiger partial charge in [0.05, 0.1) is 35.0 Å². The van der Waals surface area contributed by atoms with Gasteiger partial charge in [0.1, 0.15) is 5.82 Å². The maximum absolute atomic E-state index is 13.4. The maximum Gasteiger partial charge on any atom is 0.292 e. The molecule has 4 rings (SSSR count). The first-order valence-electron chi connectivity index (χ1n) is 11.6. The van der Waals surface area contributed by atoms with Gasteiger partial charge < -0.3 is 18.9 Å². The number of aromatic nitrogens is 4. The molecule has 2 aromatic heterocycles. The zero-order valence-electron chi connectivity index (χ0n) is 20.4. The van der Waals surface area contributed by atoms with Gasteiger partial charge in [-0.1, -0.05) is 18.2 Å². The fraction of sp³-hybridized carbons (Fsp3) is 0.360. The minimum absolute atomic E-state index is 0.253. The number of benzene rings is 1. The van der Waals surface area contributed by atoms with E-state index >= 15 is 0 Å². The minimum atomic E-state index is -1.11. The predicted molar refractivity (Wildman–Crippen MR) is 135 cm³/mol. The van der Waals surface area contributed by atoms with E-state index in [2.05, 4.69) is 21.5 Å². The zero-order valence-corrected chi connectivity index (χ0v) is 21.2. The third-order valence-electron chi connectivity index (χ3n) is 5.67. The van der Waals surface area contributed by atoms with Gasteiger partial charge in [-0.3, -0.25) is 4.79 Å². The van der Waals surface area contributed by atoms with Crippen molar-refractivity contribution < 1.29 is 13.8 Å². The lowest BCUT2D eigenvalue weighted by Crippen LogP contribution is -2.34. The molecule has 9 nitrogen and oxygen atoms in total. The molecule has 1 aliphatic carbocycles. The Kier molecular flexibility index (Phi) is 7.76. The van der Waals surface area contributed by atoms with Crippen LogP contribution >= 0.6 is 8.38 Å². The number of hydrogen-bond donors (Lipinski definition) is 1. The highest BCUT2D eigenvalue weighted by atomic mass is 31.2. The monoisotopic (exact) mass is 492 g/mol. The average molecular weight is 493 g/mol. The molecule has 35 heavy (non-hydrogen) atoms. The van der Waals surface area contributed by atoms with Crippen molar-refractivity contribution in [2.75, 3.05) is 19.0 Å². The van der Waals surface area contributed by atoms with Crippen molar-refractivity contribution in [3.63, 3.8) is 0 Å². The molecule has 1 aromatic carbocycles. The Morgan fingerprint density at radius 3 is 2.74 bits per heavy atom. The molecular formula is C25H29N6O3P. The topological polar surface area (TPSA) is 107 Å². The Labute approximate surface area is 205 Å². The SMILES string of the molecule is CCOP(OC)c1ccc(Cn2c(C(=O)Nc3cc(C)nn3CC)nc3c2=CCC(C#N)C=3)cc1. The van der Waals surface area contributed by atoms with Gasteiger partial charge in [-0.15, -0.1) is 0 Å². The third kappa shape index (κ3) is 5.35. The fourth-order valence-corrected chi connectivity index (χ4v) is 5.15. The molecule has 0 spiro atoms. The lowest BCUT2D eigenvalue weighted by atomic mass is 10.0. The summed E-state index contributed by atoms with van der Waals surface area (Å²) >= 11 is 0. The summed E-state index contributed by atoms with van der Waals surface area (Å²) in [5, 5.41) is 19.2. The fourth-order valence-electron chi connectivity index (χ4n) is 4.06. The first-order valence-corrected chi connectivity index (χ1v) is 12.7. The summed E-state index contributed by atoms with van der Waals surface area (Å²) in [7, 11) is 0.531. The maximum atomic E-state index is 13.4. The number of nitriles is 1. The summed E-state index contributed by atoms with van der Waals surface area (Å²) in [6.07, 6.45) is 4.41. The Bertz CT molecular complexity index is 1370. The number of carbonyl (C=O) groups is 1. The summed E-state index contributed by atoms with van der Waals surface area (Å²) in [5.41, 5.74) is 1.84. The molecule has 1 aliphatic rings. The van der Waals surface area contributed by atoms with E-state index in [1.54, 1.807) is 11.8 Å². The summed E-state index contributed by atoms with van der Waals surface area (Å²) in [6, 6.07) is 12.1. The quantitative estimate of drug-likeness (QED) is 0.460. The molecule has 0 saturated heterocycles. The van der Waals surface area contributed by atoms with Crippen molar-refractivity contribution in [2.45, 2.75) is 40.3 Å². The van der Waals surface area contributed by atoms with Crippen molar-refractivity contribution in [2.24, 2.45) is 5.92 Å². The van der Waals surface area contributed by atoms with Crippen LogP contribution in [-0.2, 0) is 22.1 Å². The number of fused-ring (bicyclic) bond motifs is 1. The molecule has 0 aliphatic heterocycles. The average Bonchev–Trinajstić information content (AvgIpc) is 3.41. The van der Waals surface area contributed by atoms with Crippen molar-refractivity contribution in [1.82, 2.24) is 19.3 Å². The van der Waals surface area contributed by atoms with Crippen molar-refractivity contribution in [3.8, 4) is 6.07 Å². The van der Waals surface area contributed by atoms with E-state index in [0.29, 0.717) is 43.1 Å². The molecule has 10 heteroatoms. The molecule has 0 radical (unpaired) electrons. The Balaban J connectivity index is 1.69. The van der Waals surface area contributed by atoms with Gasteiger partial charge in [-0.25, -0.2) is 9.67 Å². The number of aryl methyl sites for hydroxylation is 2. The number of nitrogens with zero attached hydrogens (tertiary/aromatic N) is 5. The van der Waals surface area contributed by atoms with Crippen LogP contribution in [0.4, 0.5) is 5.82 Å². The van der Waals surface area contributed by atoms with Crippen LogP contribution in [0.5, 0.6) is 0 Å². The van der Waals surface area contributed by atoms with E-state index in [1.807, 2.05) is 67.8 Å². The summed E-state index contributed by atoms with van der Waals surface area (Å²) in [6.45, 7) is 7.47. The van der Waals surface area contributed by atoms with Gasteiger partial charge in [0.25, 0.3) is 5.91 Å². The molecular weight excluding hydrogens is 463 g/mol. The molecule has 2 atom stereocenters. The lowest BCUT2D eigenvalue weighted by Gasteiger charge is -2.15. The van der Waals surface area contributed by atoms with Crippen molar-refractivity contribution in [3.05, 3.63) is 58.1 Å². The second-order valence-corrected chi connectivity index (χ2v) is 9.75. The minimum Gasteiger partial charge on any atom is -0.334 e. The Hall–Kier alpha value is -3.31. The number of rotatable bonds is 9. The largest absolute Gasteiger partial charge is 0.334 e. The van der Waals surface area contributed by atoms with Crippen LogP contribution < -0.4 is 21.3 Å². The summed E-state index contributed by atoms with van der Waals surface area (Å²) in [5.74, 6) is 0.343. The first-order chi connectivity index (χ1) is 17.0. The highest BCUT2D eigenvalue weighted by Crippen LogP contribution is 2.35. The Morgan fingerprint density at radius 1 is 1.31 bits per heavy atom. The summed E-state index contributed by atoms with van der Waals surface area (Å²) in [4.78, 5) is 18.0. The van der Waals surface area contributed by atoms with Crippen LogP contribution in [-0.4, -0.2) is 39.0 Å². The number of amides is 1. The van der Waals surface area contributed by atoms with Crippen LogP contribution in [0.25, 0.3) is 12.2 Å². The van der Waals surface area contributed by atoms with E-state index in [1.165, 1.54) is 0 Å². The van der Waals surface area contributed by atoms with Crippen LogP contribution in [0, 0.1) is 24.2 Å². The van der Waals surface area contributed by atoms with Crippen LogP contribution in [0.3, 0.4) is 0 Å². The van der Waals surface area contributed by atoms with Crippen LogP contribution in [0.2, 0.25) is 0 Å². The zero-order chi connectivity index (χ0) is 24.9. The van der Waals surface area contributed by atoms with E-state index in [0.717, 1.165) is 21.9 Å². The second kappa shape index (κ2) is 11.0. The third-order valence-corrected chi connectivity index (χ3v) is 7.22. The highest BCUT2D eigenvalue weighted by Gasteiger charge is 2.21. The predicted octanol–water partition coefficient (Wildman–Crippen LogP) is 2.43. The normalized spacial score (nSPS) is 15.5. The standard InChI is InChI=1S/C25H29N6O3P/c1-5-31-23(13-17(3)29-31)28-25(32)24-27-21-14-19(15-26)9-12-22(21)30(24)16-18-7-10-20(11-8-18)35(33-4)34-6-2/h7-8,10-14,19H,5-6,9,16H2,1-4H3,(H,28,32). The van der Waals surface area contributed by atoms with Crippen molar-refractivity contribution in [1.29, 1.82) is 5.26 Å². The number of anilines is 1. The van der Waals surface area contributed by atoms with E-state index in [4.69, 9.17) is 9.05 Å². The van der Waals surface area contributed by atoms with Gasteiger partial charge in [-0.05, 0) is 51.0 Å². The van der Waals surface area contributed by atoms with E-state index < -0.39 is 8.38 Å². The second-order valence-electron chi connectivity index (χ2n) is 8.10. The van der Waals surface area contributed by atoms with E-state index in [-0.39, 0.29) is 11.8 Å². The van der Waals surface area contributed by atoms with E-state index in [9.17, 15) is 10.1 Å². The lowest BCUT2D eigenvalue weighted by molar-refractivity contribution is 0.101. The molecule has 2 unspecified atom stereocenters. The van der Waals surface area contributed by atoms with Crippen LogP contribution in [0.15, 0.2) is 30.3 Å². The molecule has 1 N–H and O–H groups in total. The number of hydrogen-bond acceptors (Lipinski definition) is 6. The smallest absolute Gasteiger partial charge is 0.292 e. The first kappa shape index (κ1) is 24.8. The van der Waals surface area contributed by atoms with Crippen LogP contribution in [0.1, 0.15) is 42.1 Å². The highest BCUT2D eigenvalue weighted by molar-refractivity contribution is 7.55. The Morgan fingerprint density at radius 2 is 2.09 bits per heavy atom. The molecule has 0 fully saturated rings. The van der Waals surface area contributed by atoms with Gasteiger partial charge >= 0.3 is 0 Å². The van der Waals surface area contributed by atoms with Gasteiger partial charge in [0, 0.05) is 31.6 Å². The molecule has 0 saturated carbocycles.